The van der Waals surface area contributed by atoms with Gasteiger partial charge < -0.3 is 0 Å². The van der Waals surface area contributed by atoms with E-state index in [1.54, 1.807) is 0 Å². The van der Waals surface area contributed by atoms with Crippen molar-refractivity contribution in [1.29, 1.82) is 0 Å². The quantitative estimate of drug-likeness (QED) is 0.599. The summed E-state index contributed by atoms with van der Waals surface area (Å²) in [5.74, 6) is 0. The first-order valence-electron chi connectivity index (χ1n) is 6.79. The Labute approximate surface area is 118 Å². The van der Waals surface area contributed by atoms with Gasteiger partial charge in [-0.25, -0.2) is 0 Å². The van der Waals surface area contributed by atoms with Crippen LogP contribution in [0.15, 0.2) is 72.4 Å². The summed E-state index contributed by atoms with van der Waals surface area (Å²) in [4.78, 5) is 0. The lowest BCUT2D eigenvalue weighted by atomic mass is 9.57. The normalized spacial score (nSPS) is 25.5. The van der Waals surface area contributed by atoms with E-state index in [-0.39, 0.29) is 10.8 Å². The van der Waals surface area contributed by atoms with E-state index in [1.165, 1.54) is 22.3 Å². The van der Waals surface area contributed by atoms with Crippen LogP contribution in [0.5, 0.6) is 0 Å². The number of allylic oxidation sites excluding steroid dienone is 9. The predicted octanol–water partition coefficient (Wildman–Crippen LogP) is 5.78. The van der Waals surface area contributed by atoms with E-state index in [9.17, 15) is 0 Å². The summed E-state index contributed by atoms with van der Waals surface area (Å²) in [5, 5.41) is 0. The van der Waals surface area contributed by atoms with E-state index in [0.29, 0.717) is 0 Å². The van der Waals surface area contributed by atoms with E-state index in [1.807, 2.05) is 18.2 Å². The monoisotopic (exact) mass is 254 g/mol. The van der Waals surface area contributed by atoms with Gasteiger partial charge in [-0.2, -0.15) is 0 Å². The highest BCUT2D eigenvalue weighted by atomic mass is 14.5. The van der Waals surface area contributed by atoms with Crippen molar-refractivity contribution in [2.24, 2.45) is 10.8 Å². The molecule has 1 aliphatic rings. The third-order valence-electron chi connectivity index (χ3n) is 4.26. The van der Waals surface area contributed by atoms with E-state index >= 15 is 0 Å². The van der Waals surface area contributed by atoms with Gasteiger partial charge in [0.15, 0.2) is 0 Å². The van der Waals surface area contributed by atoms with Crippen LogP contribution in [0.1, 0.15) is 34.6 Å². The third-order valence-corrected chi connectivity index (χ3v) is 4.26. The minimum atomic E-state index is -0.0726. The molecule has 0 saturated carbocycles. The summed E-state index contributed by atoms with van der Waals surface area (Å²) in [7, 11) is 0. The van der Waals surface area contributed by atoms with Crippen molar-refractivity contribution >= 4 is 0 Å². The van der Waals surface area contributed by atoms with Crippen LogP contribution in [0.25, 0.3) is 0 Å². The summed E-state index contributed by atoms with van der Waals surface area (Å²) in [6, 6.07) is 0. The maximum atomic E-state index is 4.01. The van der Waals surface area contributed by atoms with Crippen LogP contribution in [0.3, 0.4) is 0 Å². The molecule has 0 bridgehead atoms. The van der Waals surface area contributed by atoms with E-state index in [0.717, 1.165) is 0 Å². The molecule has 0 atom stereocenters. The van der Waals surface area contributed by atoms with Gasteiger partial charge in [0.1, 0.15) is 0 Å². The summed E-state index contributed by atoms with van der Waals surface area (Å²) in [6.45, 7) is 22.9. The highest BCUT2D eigenvalue weighted by Crippen LogP contribution is 2.55. The molecule has 0 spiro atoms. The second-order valence-electron chi connectivity index (χ2n) is 6.00. The van der Waals surface area contributed by atoms with Crippen molar-refractivity contribution in [2.75, 3.05) is 0 Å². The molecule has 1 aliphatic carbocycles. The molecule has 0 N–H and O–H groups in total. The zero-order valence-corrected chi connectivity index (χ0v) is 13.0. The first kappa shape index (κ1) is 15.5. The number of hydrogen-bond donors (Lipinski definition) is 0. The van der Waals surface area contributed by atoms with Gasteiger partial charge in [-0.05, 0) is 29.2 Å². The minimum Gasteiger partial charge on any atom is -0.0991 e. The first-order chi connectivity index (χ1) is 8.78. The van der Waals surface area contributed by atoms with Crippen molar-refractivity contribution in [3.63, 3.8) is 0 Å². The van der Waals surface area contributed by atoms with Gasteiger partial charge in [0.25, 0.3) is 0 Å². The number of hydrogen-bond acceptors (Lipinski definition) is 0. The molecule has 0 aromatic carbocycles. The first-order valence-corrected chi connectivity index (χ1v) is 6.79. The van der Waals surface area contributed by atoms with Gasteiger partial charge >= 0.3 is 0 Å². The molecule has 0 heterocycles. The maximum Gasteiger partial charge on any atom is 0.0152 e. The van der Waals surface area contributed by atoms with Gasteiger partial charge in [-0.3, -0.25) is 0 Å². The Kier molecular flexibility index (Phi) is 4.25. The van der Waals surface area contributed by atoms with Gasteiger partial charge in [0.05, 0.1) is 0 Å². The lowest BCUT2D eigenvalue weighted by Gasteiger charge is -2.46. The Morgan fingerprint density at radius 2 is 1.21 bits per heavy atom. The molecule has 0 aromatic heterocycles. The Morgan fingerprint density at radius 3 is 1.53 bits per heavy atom. The van der Waals surface area contributed by atoms with Crippen LogP contribution in [0, 0.1) is 10.8 Å². The van der Waals surface area contributed by atoms with Crippen molar-refractivity contribution in [3.8, 4) is 0 Å². The Balaban J connectivity index is 3.84. The molecule has 0 saturated heterocycles. The van der Waals surface area contributed by atoms with Crippen LogP contribution in [0.2, 0.25) is 0 Å². The largest absolute Gasteiger partial charge is 0.0991 e. The zero-order valence-electron chi connectivity index (χ0n) is 13.0. The molecule has 102 valence electrons. The lowest BCUT2D eigenvalue weighted by molar-refractivity contribution is 0.441. The summed E-state index contributed by atoms with van der Waals surface area (Å²) in [6.07, 6.45) is 10.2. The van der Waals surface area contributed by atoms with Gasteiger partial charge in [0.2, 0.25) is 0 Å². The standard InChI is InChI=1S/C19H26/c1-9-13-17-16(12-4)18(5,6)14(10-2)15(11-3)19(17,7)8/h9-13H,1-3H2,4-8H3/b16-12+,17-13+. The molecule has 0 aromatic rings. The molecule has 1 rings (SSSR count). The van der Waals surface area contributed by atoms with E-state index < -0.39 is 0 Å². The average Bonchev–Trinajstić information content (AvgIpc) is 2.33. The van der Waals surface area contributed by atoms with Crippen molar-refractivity contribution < 1.29 is 0 Å². The summed E-state index contributed by atoms with van der Waals surface area (Å²) >= 11 is 0. The van der Waals surface area contributed by atoms with Gasteiger partial charge in [0, 0.05) is 10.8 Å². The number of rotatable bonds is 3. The molecule has 19 heavy (non-hydrogen) atoms. The van der Waals surface area contributed by atoms with Crippen LogP contribution in [-0.4, -0.2) is 0 Å². The third kappa shape index (κ3) is 2.20. The molecule has 0 unspecified atom stereocenters. The lowest BCUT2D eigenvalue weighted by Crippen LogP contribution is -2.34. The molecule has 0 heteroatoms. The van der Waals surface area contributed by atoms with Crippen LogP contribution in [0.4, 0.5) is 0 Å². The fourth-order valence-corrected chi connectivity index (χ4v) is 3.30. The minimum absolute atomic E-state index is 0.0512. The molecule has 0 nitrogen and oxygen atoms in total. The Bertz CT molecular complexity index is 502. The second kappa shape index (κ2) is 5.21. The highest BCUT2D eigenvalue weighted by molar-refractivity contribution is 5.60. The smallest absolute Gasteiger partial charge is 0.0152 e. The topological polar surface area (TPSA) is 0 Å². The second-order valence-corrected chi connectivity index (χ2v) is 6.00. The van der Waals surface area contributed by atoms with E-state index in [2.05, 4.69) is 66.5 Å². The fourth-order valence-electron chi connectivity index (χ4n) is 3.30. The average molecular weight is 254 g/mol. The van der Waals surface area contributed by atoms with Crippen LogP contribution < -0.4 is 0 Å². The maximum absolute atomic E-state index is 4.01. The molecule has 0 amide bonds. The molecule has 0 aliphatic heterocycles. The summed E-state index contributed by atoms with van der Waals surface area (Å²) < 4.78 is 0. The molecular weight excluding hydrogens is 228 g/mol. The van der Waals surface area contributed by atoms with Crippen LogP contribution in [-0.2, 0) is 0 Å². The molecule has 0 fully saturated rings. The van der Waals surface area contributed by atoms with Crippen molar-refractivity contribution in [1.82, 2.24) is 0 Å². The Morgan fingerprint density at radius 1 is 0.789 bits per heavy atom. The highest BCUT2D eigenvalue weighted by Gasteiger charge is 2.43. The summed E-state index contributed by atoms with van der Waals surface area (Å²) in [5.41, 5.74) is 5.06. The fraction of sp³-hybridized carbons (Fsp3) is 0.368. The van der Waals surface area contributed by atoms with Crippen molar-refractivity contribution in [3.05, 3.63) is 72.4 Å². The van der Waals surface area contributed by atoms with Gasteiger partial charge in [-0.1, -0.05) is 77.8 Å². The van der Waals surface area contributed by atoms with E-state index in [4.69, 9.17) is 0 Å². The SMILES string of the molecule is C=C/C=C1\C(=C/C)C(C)(C)C(C=C)=C(C=C)C1(C)C. The molecular formula is C19H26. The van der Waals surface area contributed by atoms with Crippen molar-refractivity contribution in [2.45, 2.75) is 34.6 Å². The van der Waals surface area contributed by atoms with Crippen LogP contribution >= 0.6 is 0 Å². The van der Waals surface area contributed by atoms with Gasteiger partial charge in [-0.15, -0.1) is 0 Å². The predicted molar refractivity (Wildman–Crippen MR) is 87.0 cm³/mol. The zero-order chi connectivity index (χ0) is 14.8. The Hall–Kier alpha value is -1.56. The molecule has 0 radical (unpaired) electrons.